The van der Waals surface area contributed by atoms with Crippen LogP contribution in [0.4, 0.5) is 0 Å². The Morgan fingerprint density at radius 1 is 0.775 bits per heavy atom. The predicted octanol–water partition coefficient (Wildman–Crippen LogP) is 11.3. The van der Waals surface area contributed by atoms with Crippen molar-refractivity contribution in [2.75, 3.05) is 6.54 Å². The fraction of sp³-hybridized carbons (Fsp3) is 0.622. The first-order chi connectivity index (χ1) is 19.3. The van der Waals surface area contributed by atoms with E-state index >= 15 is 0 Å². The van der Waals surface area contributed by atoms with Gasteiger partial charge in [-0.05, 0) is 0 Å². The second kappa shape index (κ2) is 15.1. The van der Waals surface area contributed by atoms with Crippen LogP contribution in [-0.4, -0.2) is 43.9 Å². The molecule has 4 rings (SSSR count). The monoisotopic (exact) mass is 665 g/mol. The number of likely N-dealkylation sites (tertiary alicyclic amines) is 1. The van der Waals surface area contributed by atoms with Gasteiger partial charge in [-0.25, -0.2) is 0 Å². The minimum atomic E-state index is -2.43. The van der Waals surface area contributed by atoms with E-state index in [1.54, 1.807) is 13.3 Å². The van der Waals surface area contributed by atoms with Crippen LogP contribution in [0, 0.1) is 5.92 Å². The fourth-order valence-electron chi connectivity index (χ4n) is 8.52. The van der Waals surface area contributed by atoms with Crippen LogP contribution < -0.4 is 0 Å². The van der Waals surface area contributed by atoms with E-state index < -0.39 is 26.5 Å². The van der Waals surface area contributed by atoms with Crippen molar-refractivity contribution >= 4 is 26.5 Å². The summed E-state index contributed by atoms with van der Waals surface area (Å²) in [7, 11) is -1.35. The zero-order valence-electron chi connectivity index (χ0n) is 26.8. The van der Waals surface area contributed by atoms with E-state index in [4.69, 9.17) is 0 Å². The van der Waals surface area contributed by atoms with Gasteiger partial charge in [-0.2, -0.15) is 0 Å². The molecule has 0 bridgehead atoms. The molecule has 220 valence electrons. The van der Waals surface area contributed by atoms with Gasteiger partial charge in [0, 0.05) is 0 Å². The molecule has 1 aliphatic heterocycles. The van der Waals surface area contributed by atoms with Gasteiger partial charge in [0.1, 0.15) is 0 Å². The molecule has 1 saturated heterocycles. The van der Waals surface area contributed by atoms with Crippen LogP contribution in [0.2, 0.25) is 36.9 Å². The molecule has 0 aromatic heterocycles. The Kier molecular flexibility index (Phi) is 12.1. The predicted molar refractivity (Wildman–Crippen MR) is 183 cm³/mol. The van der Waals surface area contributed by atoms with E-state index in [9.17, 15) is 0 Å². The Morgan fingerprint density at radius 3 is 1.73 bits per heavy atom. The van der Waals surface area contributed by atoms with Gasteiger partial charge in [0.2, 0.25) is 0 Å². The number of hydrogen-bond acceptors (Lipinski definition) is 1. The minimum absolute atomic E-state index is 0.354. The molecule has 0 unspecified atom stereocenters. The quantitative estimate of drug-likeness (QED) is 0.182. The average Bonchev–Trinajstić information content (AvgIpc) is 3.30. The molecule has 1 saturated carbocycles. The summed E-state index contributed by atoms with van der Waals surface area (Å²) in [6, 6.07) is 24.0. The van der Waals surface area contributed by atoms with Crippen molar-refractivity contribution in [2.24, 2.45) is 5.92 Å². The second-order valence-corrected chi connectivity index (χ2v) is 33.5. The summed E-state index contributed by atoms with van der Waals surface area (Å²) in [6.07, 6.45) is 13.0. The van der Waals surface area contributed by atoms with E-state index in [-0.39, 0.29) is 0 Å². The van der Waals surface area contributed by atoms with Gasteiger partial charge in [0.25, 0.3) is 0 Å². The second-order valence-electron chi connectivity index (χ2n) is 14.3. The molecule has 2 aliphatic rings. The summed E-state index contributed by atoms with van der Waals surface area (Å²) in [5.41, 5.74) is 7.70. The van der Waals surface area contributed by atoms with Crippen LogP contribution >= 0.6 is 0 Å². The molecule has 1 nitrogen and oxygen atoms in total. The maximum absolute atomic E-state index is 3.00. The molecule has 0 spiro atoms. The van der Waals surface area contributed by atoms with Crippen LogP contribution in [0.5, 0.6) is 0 Å². The van der Waals surface area contributed by atoms with Crippen molar-refractivity contribution in [1.82, 2.24) is 4.90 Å². The van der Waals surface area contributed by atoms with Crippen molar-refractivity contribution in [3.8, 4) is 0 Å². The first-order valence-electron chi connectivity index (χ1n) is 16.9. The zero-order valence-corrected chi connectivity index (χ0v) is 30.7. The molecule has 2 aromatic rings. The zero-order chi connectivity index (χ0) is 28.6. The van der Waals surface area contributed by atoms with Gasteiger partial charge >= 0.3 is 254 Å². The summed E-state index contributed by atoms with van der Waals surface area (Å²) < 4.78 is 6.00. The van der Waals surface area contributed by atoms with Gasteiger partial charge in [-0.3, -0.25) is 0 Å². The van der Waals surface area contributed by atoms with Gasteiger partial charge in [-0.15, -0.1) is 0 Å². The average molecular weight is 665 g/mol. The number of benzene rings is 2. The van der Waals surface area contributed by atoms with E-state index in [0.29, 0.717) is 12.1 Å². The Morgan fingerprint density at radius 2 is 1.27 bits per heavy atom. The third kappa shape index (κ3) is 7.75. The van der Waals surface area contributed by atoms with Crippen molar-refractivity contribution in [3.63, 3.8) is 0 Å². The van der Waals surface area contributed by atoms with Gasteiger partial charge in [0.15, 0.2) is 0 Å². The topological polar surface area (TPSA) is 3.24 Å². The van der Waals surface area contributed by atoms with Crippen LogP contribution in [0.15, 0.2) is 71.9 Å². The van der Waals surface area contributed by atoms with Crippen LogP contribution in [-0.2, 0) is 0 Å². The van der Waals surface area contributed by atoms with E-state index in [1.165, 1.54) is 75.5 Å². The third-order valence-electron chi connectivity index (χ3n) is 10.1. The first-order valence-corrected chi connectivity index (χ1v) is 28.2. The number of hydrogen-bond donors (Lipinski definition) is 0. The Balaban J connectivity index is 1.83. The molecular weight excluding hydrogens is 605 g/mol. The summed E-state index contributed by atoms with van der Waals surface area (Å²) in [4.78, 5) is 3.00. The van der Waals surface area contributed by atoms with E-state index in [2.05, 4.69) is 112 Å². The Labute approximate surface area is 253 Å². The van der Waals surface area contributed by atoms with Crippen molar-refractivity contribution < 1.29 is 0 Å². The standard InChI is InChI=1S/C25H32NSi.3C4H9.Sn/c1-27(2,3)19-22-18-26(24-17-11-10-16-23(22)24)25(20-12-6-4-7-13-20)21-14-8-5-9-15-21;3*1-3-4-2;/h4-9,12-16,19,23-25H,10-11,17-18H2,1-3H3;3*1,3-4H2,2H3;/b22-19-;;;;/t23-,24-;;;;/m0..../s1. The molecule has 1 aliphatic carbocycles. The normalized spacial score (nSPS) is 23.2. The molecule has 1 heterocycles. The summed E-state index contributed by atoms with van der Waals surface area (Å²) in [5, 5.41) is 0. The maximum atomic E-state index is 3.00. The summed E-state index contributed by atoms with van der Waals surface area (Å²) in [5.74, 6) is 0.816. The molecule has 0 amide bonds. The molecule has 3 atom stereocenters. The SMILES string of the molecule is CCC[CH2][Sn]([CH2]CCC)([CH2]CCC)[C@@H]1CCC[C@H]2[C@@H]1/C(=C\[Si](C)(C)C)CN2C(c1ccccc1)c1ccccc1. The number of unbranched alkanes of at least 4 members (excludes halogenated alkanes) is 3. The summed E-state index contributed by atoms with van der Waals surface area (Å²) in [6.45, 7) is 16.2. The van der Waals surface area contributed by atoms with Gasteiger partial charge in [-0.1, -0.05) is 0 Å². The van der Waals surface area contributed by atoms with Gasteiger partial charge in [0.05, 0.1) is 0 Å². The van der Waals surface area contributed by atoms with Crippen molar-refractivity contribution in [1.29, 1.82) is 0 Å². The van der Waals surface area contributed by atoms with Crippen LogP contribution in [0.25, 0.3) is 0 Å². The van der Waals surface area contributed by atoms with E-state index in [1.807, 2.05) is 5.57 Å². The molecule has 0 radical (unpaired) electrons. The van der Waals surface area contributed by atoms with Crippen molar-refractivity contribution in [3.05, 3.63) is 83.1 Å². The third-order valence-corrected chi connectivity index (χ3v) is 29.3. The van der Waals surface area contributed by atoms with E-state index in [0.717, 1.165) is 9.85 Å². The molecule has 0 N–H and O–H groups in total. The Hall–Kier alpha value is -0.844. The fourth-order valence-corrected chi connectivity index (χ4v) is 30.0. The number of nitrogens with zero attached hydrogens (tertiary/aromatic N) is 1. The van der Waals surface area contributed by atoms with Crippen LogP contribution in [0.3, 0.4) is 0 Å². The molecule has 3 heteroatoms. The molecule has 40 heavy (non-hydrogen) atoms. The molecule has 2 fully saturated rings. The number of fused-ring (bicyclic) bond motifs is 1. The summed E-state index contributed by atoms with van der Waals surface area (Å²) >= 11 is -2.43. The first kappa shape index (κ1) is 32.1. The Bertz CT molecular complexity index is 982. The molecular formula is C37H59NSiSn. The molecule has 2 aromatic carbocycles. The van der Waals surface area contributed by atoms with Crippen LogP contribution in [0.1, 0.15) is 95.7 Å². The van der Waals surface area contributed by atoms with Gasteiger partial charge < -0.3 is 0 Å². The number of rotatable bonds is 14. The van der Waals surface area contributed by atoms with Crippen molar-refractivity contribution in [2.45, 2.75) is 128 Å².